The second kappa shape index (κ2) is 5.43. The van der Waals surface area contributed by atoms with Crippen molar-refractivity contribution in [3.63, 3.8) is 0 Å². The zero-order chi connectivity index (χ0) is 5.54. The Morgan fingerprint density at radius 2 is 2.57 bits per heavy atom. The summed E-state index contributed by atoms with van der Waals surface area (Å²) in [5.74, 6) is 0. The van der Waals surface area contributed by atoms with Crippen LogP contribution < -0.4 is 5.73 Å². The molecule has 0 bridgehead atoms. The van der Waals surface area contributed by atoms with Gasteiger partial charge < -0.3 is 10.5 Å². The molecule has 42 valence electrons. The number of nitrogens with zero attached hydrogens (tertiary/aromatic N) is 1. The first-order valence-electron chi connectivity index (χ1n) is 2.10. The molecule has 3 heteroatoms. The molecule has 0 saturated heterocycles. The highest BCUT2D eigenvalue weighted by Gasteiger charge is 1.72. The molecule has 0 rings (SSSR count). The highest BCUT2D eigenvalue weighted by molar-refractivity contribution is 5.50. The van der Waals surface area contributed by atoms with E-state index in [1.54, 1.807) is 7.11 Å². The third-order valence-electron chi connectivity index (χ3n) is 0.530. The van der Waals surface area contributed by atoms with Crippen molar-refractivity contribution in [1.82, 2.24) is 0 Å². The van der Waals surface area contributed by atoms with Gasteiger partial charge in [0.2, 0.25) is 0 Å². The van der Waals surface area contributed by atoms with Crippen LogP contribution in [0.4, 0.5) is 0 Å². The van der Waals surface area contributed by atoms with Gasteiger partial charge in [0.05, 0.1) is 19.5 Å². The van der Waals surface area contributed by atoms with Gasteiger partial charge in [0.1, 0.15) is 0 Å². The molecule has 0 aliphatic heterocycles. The maximum absolute atomic E-state index is 4.92. The second-order valence-electron chi connectivity index (χ2n) is 1.05. The van der Waals surface area contributed by atoms with E-state index in [0.29, 0.717) is 13.2 Å². The van der Waals surface area contributed by atoms with Crippen LogP contribution in [0.1, 0.15) is 0 Å². The molecule has 0 spiro atoms. The fourth-order valence-electron chi connectivity index (χ4n) is 0.219. The van der Waals surface area contributed by atoms with Crippen LogP contribution in [-0.4, -0.2) is 26.6 Å². The molecular weight excluding hydrogens is 92.1 g/mol. The number of aliphatic imine (C=N–C) groups is 1. The summed E-state index contributed by atoms with van der Waals surface area (Å²) in [7, 11) is 1.63. The van der Waals surface area contributed by atoms with E-state index in [1.807, 2.05) is 0 Å². The quantitative estimate of drug-likeness (QED) is 0.300. The number of rotatable bonds is 3. The van der Waals surface area contributed by atoms with Gasteiger partial charge >= 0.3 is 0 Å². The first-order valence-corrected chi connectivity index (χ1v) is 2.10. The molecule has 0 aromatic carbocycles. The van der Waals surface area contributed by atoms with E-state index >= 15 is 0 Å². The molecule has 0 amide bonds. The van der Waals surface area contributed by atoms with Gasteiger partial charge in [0.25, 0.3) is 0 Å². The summed E-state index contributed by atoms with van der Waals surface area (Å²) >= 11 is 0. The SMILES string of the molecule is COCCN=CN. The molecule has 0 saturated carbocycles. The third-order valence-corrected chi connectivity index (χ3v) is 0.530. The molecule has 0 atom stereocenters. The van der Waals surface area contributed by atoms with Crippen LogP contribution in [0.5, 0.6) is 0 Å². The largest absolute Gasteiger partial charge is 0.390 e. The lowest BCUT2D eigenvalue weighted by molar-refractivity contribution is 0.208. The molecule has 0 heterocycles. The summed E-state index contributed by atoms with van der Waals surface area (Å²) in [6.45, 7) is 1.31. The number of ether oxygens (including phenoxy) is 1. The molecule has 0 radical (unpaired) electrons. The fourth-order valence-corrected chi connectivity index (χ4v) is 0.219. The van der Waals surface area contributed by atoms with Crippen LogP contribution in [-0.2, 0) is 4.74 Å². The topological polar surface area (TPSA) is 47.6 Å². The zero-order valence-electron chi connectivity index (χ0n) is 4.42. The summed E-state index contributed by atoms with van der Waals surface area (Å²) in [5.41, 5.74) is 4.92. The average Bonchev–Trinajstić information content (AvgIpc) is 1.69. The number of hydrogen-bond donors (Lipinski definition) is 1. The Kier molecular flexibility index (Phi) is 4.99. The molecule has 0 unspecified atom stereocenters. The van der Waals surface area contributed by atoms with Crippen molar-refractivity contribution in [3.8, 4) is 0 Å². The number of methoxy groups -OCH3 is 1. The van der Waals surface area contributed by atoms with Gasteiger partial charge in [-0.1, -0.05) is 0 Å². The summed E-state index contributed by atoms with van der Waals surface area (Å²) in [4.78, 5) is 3.69. The molecule has 0 aromatic rings. The fraction of sp³-hybridized carbons (Fsp3) is 0.750. The lowest BCUT2D eigenvalue weighted by atomic mass is 10.7. The predicted octanol–water partition coefficient (Wildman–Crippen LogP) is -0.380. The summed E-state index contributed by atoms with van der Waals surface area (Å²) in [5, 5.41) is 0. The van der Waals surface area contributed by atoms with Gasteiger partial charge in [-0.3, -0.25) is 4.99 Å². The summed E-state index contributed by atoms with van der Waals surface area (Å²) < 4.78 is 4.67. The Hall–Kier alpha value is -0.570. The van der Waals surface area contributed by atoms with Crippen molar-refractivity contribution in [2.75, 3.05) is 20.3 Å². The molecule has 0 aromatic heterocycles. The molecule has 2 N–H and O–H groups in total. The molecule has 0 aliphatic rings. The second-order valence-corrected chi connectivity index (χ2v) is 1.05. The normalized spacial score (nSPS) is 10.4. The standard InChI is InChI=1S/C4H10N2O/c1-7-3-2-6-4-5/h4H,2-3H2,1H3,(H2,5,6). The van der Waals surface area contributed by atoms with Gasteiger partial charge in [-0.2, -0.15) is 0 Å². The van der Waals surface area contributed by atoms with E-state index in [-0.39, 0.29) is 0 Å². The van der Waals surface area contributed by atoms with E-state index < -0.39 is 0 Å². The third kappa shape index (κ3) is 5.43. The van der Waals surface area contributed by atoms with Crippen molar-refractivity contribution < 1.29 is 4.74 Å². The summed E-state index contributed by atoms with van der Waals surface area (Å²) in [6, 6.07) is 0. The number of nitrogens with two attached hydrogens (primary N) is 1. The van der Waals surface area contributed by atoms with Gasteiger partial charge in [0, 0.05) is 7.11 Å². The Balaban J connectivity index is 2.69. The van der Waals surface area contributed by atoms with E-state index in [4.69, 9.17) is 5.73 Å². The van der Waals surface area contributed by atoms with Crippen LogP contribution in [0.2, 0.25) is 0 Å². The summed E-state index contributed by atoms with van der Waals surface area (Å²) in [6.07, 6.45) is 1.28. The van der Waals surface area contributed by atoms with Gasteiger partial charge in [-0.05, 0) is 0 Å². The smallest absolute Gasteiger partial charge is 0.0798 e. The van der Waals surface area contributed by atoms with Crippen LogP contribution in [0.25, 0.3) is 0 Å². The molecule has 7 heavy (non-hydrogen) atoms. The Labute approximate surface area is 43.2 Å². The van der Waals surface area contributed by atoms with E-state index in [9.17, 15) is 0 Å². The lowest BCUT2D eigenvalue weighted by Gasteiger charge is -1.87. The zero-order valence-corrected chi connectivity index (χ0v) is 4.42. The molecular formula is C4H10N2O. The van der Waals surface area contributed by atoms with E-state index in [0.717, 1.165) is 0 Å². The van der Waals surface area contributed by atoms with Crippen LogP contribution in [0, 0.1) is 0 Å². The maximum atomic E-state index is 4.92. The van der Waals surface area contributed by atoms with Crippen molar-refractivity contribution in [2.45, 2.75) is 0 Å². The van der Waals surface area contributed by atoms with E-state index in [2.05, 4.69) is 9.73 Å². The minimum Gasteiger partial charge on any atom is -0.390 e. The average molecular weight is 102 g/mol. The lowest BCUT2D eigenvalue weighted by Crippen LogP contribution is -1.96. The molecule has 3 nitrogen and oxygen atoms in total. The van der Waals surface area contributed by atoms with Crippen LogP contribution in [0.15, 0.2) is 4.99 Å². The molecule has 0 aliphatic carbocycles. The minimum atomic E-state index is 0.647. The van der Waals surface area contributed by atoms with Gasteiger partial charge in [-0.15, -0.1) is 0 Å². The highest BCUT2D eigenvalue weighted by Crippen LogP contribution is 1.66. The van der Waals surface area contributed by atoms with Crippen LogP contribution in [0.3, 0.4) is 0 Å². The minimum absolute atomic E-state index is 0.647. The van der Waals surface area contributed by atoms with Crippen molar-refractivity contribution in [1.29, 1.82) is 0 Å². The van der Waals surface area contributed by atoms with Crippen molar-refractivity contribution in [2.24, 2.45) is 10.7 Å². The maximum Gasteiger partial charge on any atom is 0.0798 e. The molecule has 0 fully saturated rings. The Bertz CT molecular complexity index is 53.7. The van der Waals surface area contributed by atoms with Crippen LogP contribution >= 0.6 is 0 Å². The highest BCUT2D eigenvalue weighted by atomic mass is 16.5. The number of hydrogen-bond acceptors (Lipinski definition) is 2. The first-order chi connectivity index (χ1) is 3.41. The van der Waals surface area contributed by atoms with Crippen molar-refractivity contribution in [3.05, 3.63) is 0 Å². The van der Waals surface area contributed by atoms with Crippen molar-refractivity contribution >= 4 is 6.34 Å². The van der Waals surface area contributed by atoms with Gasteiger partial charge in [0.15, 0.2) is 0 Å². The Morgan fingerprint density at radius 1 is 1.86 bits per heavy atom. The first kappa shape index (κ1) is 6.43. The monoisotopic (exact) mass is 102 g/mol. The van der Waals surface area contributed by atoms with E-state index in [1.165, 1.54) is 6.34 Å². The van der Waals surface area contributed by atoms with Gasteiger partial charge in [-0.25, -0.2) is 0 Å². The Morgan fingerprint density at radius 3 is 3.00 bits per heavy atom. The predicted molar refractivity (Wildman–Crippen MR) is 29.4 cm³/mol.